The van der Waals surface area contributed by atoms with E-state index in [1.54, 1.807) is 24.4 Å². The summed E-state index contributed by atoms with van der Waals surface area (Å²) in [5.74, 6) is -2.18. The molecule has 2 aromatic heterocycles. The van der Waals surface area contributed by atoms with Crippen molar-refractivity contribution in [2.45, 2.75) is 38.6 Å². The Morgan fingerprint density at radius 3 is 2.67 bits per heavy atom. The van der Waals surface area contributed by atoms with E-state index in [4.69, 9.17) is 0 Å². The molecule has 2 N–H and O–H groups in total. The van der Waals surface area contributed by atoms with Crippen LogP contribution in [0.25, 0.3) is 11.0 Å². The second-order valence-electron chi connectivity index (χ2n) is 9.70. The maximum atomic E-state index is 14.6. The molecule has 1 saturated heterocycles. The van der Waals surface area contributed by atoms with Gasteiger partial charge in [-0.15, -0.1) is 0 Å². The van der Waals surface area contributed by atoms with Gasteiger partial charge >= 0.3 is 0 Å². The van der Waals surface area contributed by atoms with Crippen LogP contribution in [0.5, 0.6) is 0 Å². The summed E-state index contributed by atoms with van der Waals surface area (Å²) in [7, 11) is 0. The maximum absolute atomic E-state index is 14.6. The number of nitrogens with zero attached hydrogens (tertiary/aromatic N) is 5. The monoisotopic (exact) mass is 551 g/mol. The Morgan fingerprint density at radius 1 is 1.07 bits per heavy atom. The van der Waals surface area contributed by atoms with E-state index in [9.17, 15) is 22.8 Å². The zero-order valence-corrected chi connectivity index (χ0v) is 21.8. The first-order valence-corrected chi connectivity index (χ1v) is 13.0. The summed E-state index contributed by atoms with van der Waals surface area (Å²) in [6, 6.07) is 8.29. The molecule has 208 valence electrons. The molecule has 1 amide bonds. The zero-order chi connectivity index (χ0) is 28.2. The number of carbonyl (C=O) groups excluding carboxylic acids is 1. The fraction of sp³-hybridized carbons (Fsp3) is 0.321. The van der Waals surface area contributed by atoms with Crippen LogP contribution in [0.2, 0.25) is 0 Å². The lowest BCUT2D eigenvalue weighted by molar-refractivity contribution is 0.0948. The van der Waals surface area contributed by atoms with Crippen LogP contribution in [0, 0.1) is 11.6 Å². The van der Waals surface area contributed by atoms with Crippen LogP contribution in [0.15, 0.2) is 59.9 Å². The fourth-order valence-corrected chi connectivity index (χ4v) is 4.68. The number of piperidine rings is 1. The highest BCUT2D eigenvalue weighted by atomic mass is 19.2. The number of carbonyl (C=O) groups is 1. The average molecular weight is 552 g/mol. The van der Waals surface area contributed by atoms with Crippen LogP contribution in [-0.4, -0.2) is 62.2 Å². The maximum Gasteiger partial charge on any atom is 0.266 e. The number of fused-ring (bicyclic) bond motifs is 1. The van der Waals surface area contributed by atoms with Gasteiger partial charge in [0.25, 0.3) is 11.5 Å². The quantitative estimate of drug-likeness (QED) is 0.346. The van der Waals surface area contributed by atoms with Crippen molar-refractivity contribution in [2.75, 3.05) is 25.0 Å². The molecule has 9 nitrogen and oxygen atoms in total. The molecule has 0 aliphatic carbocycles. The summed E-state index contributed by atoms with van der Waals surface area (Å²) < 4.78 is 42.5. The minimum Gasteiger partial charge on any atom is -0.363 e. The van der Waals surface area contributed by atoms with Crippen LogP contribution < -0.4 is 16.2 Å². The molecule has 2 aromatic carbocycles. The van der Waals surface area contributed by atoms with Crippen LogP contribution in [-0.2, 0) is 13.1 Å². The van der Waals surface area contributed by atoms with Crippen molar-refractivity contribution in [3.8, 4) is 0 Å². The summed E-state index contributed by atoms with van der Waals surface area (Å²) in [6.45, 7) is 4.05. The molecule has 1 aliphatic rings. The smallest absolute Gasteiger partial charge is 0.266 e. The highest BCUT2D eigenvalue weighted by Gasteiger charge is 2.28. The van der Waals surface area contributed by atoms with Gasteiger partial charge in [-0.3, -0.25) is 19.1 Å². The number of alkyl halides is 1. The Labute approximate surface area is 228 Å². The van der Waals surface area contributed by atoms with E-state index in [0.717, 1.165) is 41.5 Å². The number of anilines is 1. The molecule has 0 radical (unpaired) electrons. The Hall–Kier alpha value is -4.32. The lowest BCUT2D eigenvalue weighted by atomic mass is 10.0. The highest BCUT2D eigenvalue weighted by molar-refractivity contribution is 5.93. The molecule has 0 unspecified atom stereocenters. The van der Waals surface area contributed by atoms with Crippen molar-refractivity contribution in [1.29, 1.82) is 0 Å². The Morgan fingerprint density at radius 2 is 1.90 bits per heavy atom. The molecule has 1 aliphatic heterocycles. The summed E-state index contributed by atoms with van der Waals surface area (Å²) >= 11 is 0. The van der Waals surface area contributed by atoms with Crippen molar-refractivity contribution in [3.63, 3.8) is 0 Å². The van der Waals surface area contributed by atoms with E-state index < -0.39 is 29.3 Å². The summed E-state index contributed by atoms with van der Waals surface area (Å²) in [4.78, 5) is 40.7. The van der Waals surface area contributed by atoms with Gasteiger partial charge in [-0.2, -0.15) is 0 Å². The molecule has 0 bridgehead atoms. The Bertz CT molecular complexity index is 1600. The Balaban J connectivity index is 1.25. The van der Waals surface area contributed by atoms with Crippen molar-refractivity contribution in [3.05, 3.63) is 93.8 Å². The van der Waals surface area contributed by atoms with Gasteiger partial charge in [0, 0.05) is 25.8 Å². The molecule has 0 spiro atoms. The largest absolute Gasteiger partial charge is 0.363 e. The van der Waals surface area contributed by atoms with Crippen molar-refractivity contribution in [2.24, 2.45) is 0 Å². The standard InChI is InChI=1S/C28H28F3N7O2/c1-2-37-8-7-23(22(31)15-37)35-26-13-33-24-6-4-17(10-25(24)36-26)11-34-27(39)19-12-32-16-38(28(19)40)14-18-3-5-20(29)21(30)9-18/h3-6,9-10,12-13,16,22-23H,2,7-8,11,14-15H2,1H3,(H,34,39)(H,35,36)/t22-,23+/m1/s1. The number of halogens is 3. The third-order valence-electron chi connectivity index (χ3n) is 6.95. The third-order valence-corrected chi connectivity index (χ3v) is 6.95. The molecule has 12 heteroatoms. The van der Waals surface area contributed by atoms with Gasteiger partial charge in [-0.05, 0) is 48.4 Å². The molecular weight excluding hydrogens is 523 g/mol. The predicted octanol–water partition coefficient (Wildman–Crippen LogP) is 3.29. The number of rotatable bonds is 8. The lowest BCUT2D eigenvalue weighted by Gasteiger charge is -2.34. The van der Waals surface area contributed by atoms with Crippen LogP contribution in [0.1, 0.15) is 34.8 Å². The van der Waals surface area contributed by atoms with E-state index in [1.165, 1.54) is 12.4 Å². The lowest BCUT2D eigenvalue weighted by Crippen LogP contribution is -2.47. The first kappa shape index (κ1) is 27.3. The molecule has 0 saturated carbocycles. The number of nitrogens with one attached hydrogen (secondary N) is 2. The van der Waals surface area contributed by atoms with E-state index in [0.29, 0.717) is 35.4 Å². The van der Waals surface area contributed by atoms with Crippen LogP contribution >= 0.6 is 0 Å². The second kappa shape index (κ2) is 11.8. The van der Waals surface area contributed by atoms with E-state index in [1.807, 2.05) is 6.92 Å². The Kier molecular flexibility index (Phi) is 8.06. The van der Waals surface area contributed by atoms with E-state index in [2.05, 4.69) is 30.5 Å². The highest BCUT2D eigenvalue weighted by Crippen LogP contribution is 2.20. The first-order valence-electron chi connectivity index (χ1n) is 13.0. The van der Waals surface area contributed by atoms with Gasteiger partial charge in [0.2, 0.25) is 0 Å². The normalized spacial score (nSPS) is 17.6. The molecule has 4 aromatic rings. The predicted molar refractivity (Wildman–Crippen MR) is 144 cm³/mol. The molecule has 40 heavy (non-hydrogen) atoms. The van der Waals surface area contributed by atoms with Gasteiger partial charge < -0.3 is 15.5 Å². The molecular formula is C28H28F3N7O2. The average Bonchev–Trinajstić information content (AvgIpc) is 2.95. The van der Waals surface area contributed by atoms with Gasteiger partial charge in [0.05, 0.1) is 36.1 Å². The summed E-state index contributed by atoms with van der Waals surface area (Å²) in [5.41, 5.74) is 1.48. The second-order valence-corrected chi connectivity index (χ2v) is 9.70. The van der Waals surface area contributed by atoms with Gasteiger partial charge in [0.1, 0.15) is 17.6 Å². The molecule has 5 rings (SSSR count). The zero-order valence-electron chi connectivity index (χ0n) is 21.8. The van der Waals surface area contributed by atoms with E-state index in [-0.39, 0.29) is 24.7 Å². The van der Waals surface area contributed by atoms with Gasteiger partial charge in [0.15, 0.2) is 11.6 Å². The third kappa shape index (κ3) is 6.12. The van der Waals surface area contributed by atoms with Crippen LogP contribution in [0.4, 0.5) is 19.0 Å². The number of likely N-dealkylation sites (tertiary alicyclic amines) is 1. The van der Waals surface area contributed by atoms with Crippen LogP contribution in [0.3, 0.4) is 0 Å². The number of aromatic nitrogens is 4. The molecule has 3 heterocycles. The molecule has 2 atom stereocenters. The van der Waals surface area contributed by atoms with Gasteiger partial charge in [-0.1, -0.05) is 19.1 Å². The van der Waals surface area contributed by atoms with Gasteiger partial charge in [-0.25, -0.2) is 23.1 Å². The topological polar surface area (TPSA) is 105 Å². The number of hydrogen-bond acceptors (Lipinski definition) is 7. The summed E-state index contributed by atoms with van der Waals surface area (Å²) in [6.07, 6.45) is 3.62. The minimum absolute atomic E-state index is 0.0786. The van der Waals surface area contributed by atoms with E-state index >= 15 is 0 Å². The minimum atomic E-state index is -1.03. The number of benzene rings is 2. The number of amides is 1. The fourth-order valence-electron chi connectivity index (χ4n) is 4.68. The number of hydrogen-bond donors (Lipinski definition) is 2. The summed E-state index contributed by atoms with van der Waals surface area (Å²) in [5, 5.41) is 5.87. The van der Waals surface area contributed by atoms with Crippen molar-refractivity contribution < 1.29 is 18.0 Å². The first-order chi connectivity index (χ1) is 19.3. The van der Waals surface area contributed by atoms with Crippen molar-refractivity contribution in [1.82, 2.24) is 29.7 Å². The van der Waals surface area contributed by atoms with Crippen molar-refractivity contribution >= 4 is 22.8 Å². The molecule has 1 fully saturated rings. The SMILES string of the molecule is CCN1CC[C@H](Nc2cnc3ccc(CNC(=O)c4cncn(Cc5ccc(F)c(F)c5)c4=O)cc3n2)[C@H](F)C1.